The van der Waals surface area contributed by atoms with Gasteiger partial charge in [0.05, 0.1) is 10.6 Å². The molecule has 34 heavy (non-hydrogen) atoms. The topological polar surface area (TPSA) is 47.4 Å². The zero-order valence-electron chi connectivity index (χ0n) is 18.2. The Morgan fingerprint density at radius 3 is 2.47 bits per heavy atom. The highest BCUT2D eigenvalue weighted by Crippen LogP contribution is 2.37. The second kappa shape index (κ2) is 9.08. The lowest BCUT2D eigenvalue weighted by Crippen LogP contribution is -2.30. The van der Waals surface area contributed by atoms with Crippen LogP contribution in [0.4, 0.5) is 13.2 Å². The normalized spacial score (nSPS) is 15.9. The Morgan fingerprint density at radius 2 is 1.79 bits per heavy atom. The molecule has 5 nitrogen and oxygen atoms in total. The molecule has 0 saturated carbocycles. The van der Waals surface area contributed by atoms with E-state index in [2.05, 4.69) is 5.10 Å². The molecule has 2 aromatic carbocycles. The average Bonchev–Trinajstić information content (AvgIpc) is 3.51. The highest BCUT2D eigenvalue weighted by Gasteiger charge is 2.36. The number of ether oxygens (including phenoxy) is 1. The number of halogens is 3. The molecule has 174 valence electrons. The summed E-state index contributed by atoms with van der Waals surface area (Å²) in [5.74, 6) is -1.67. The molecule has 1 aliphatic heterocycles. The second-order valence-electron chi connectivity index (χ2n) is 8.10. The number of nitrogens with zero attached hydrogens (tertiary/aromatic N) is 3. The summed E-state index contributed by atoms with van der Waals surface area (Å²) in [6.07, 6.45) is 1.44. The first-order valence-electron chi connectivity index (χ1n) is 10.7. The molecule has 5 rings (SSSR count). The van der Waals surface area contributed by atoms with Crippen LogP contribution >= 0.6 is 11.3 Å². The molecule has 1 aliphatic rings. The molecule has 0 aliphatic carbocycles. The summed E-state index contributed by atoms with van der Waals surface area (Å²) in [6.45, 7) is 2.32. The van der Waals surface area contributed by atoms with E-state index >= 15 is 0 Å². The number of hydrogen-bond donors (Lipinski definition) is 0. The smallest absolute Gasteiger partial charge is 0.250 e. The fraction of sp³-hybridized carbons (Fsp3) is 0.200. The summed E-state index contributed by atoms with van der Waals surface area (Å²) < 4.78 is 48.6. The third-order valence-corrected chi connectivity index (χ3v) is 6.54. The van der Waals surface area contributed by atoms with Crippen molar-refractivity contribution < 1.29 is 22.7 Å². The van der Waals surface area contributed by atoms with Crippen molar-refractivity contribution in [1.29, 1.82) is 0 Å². The van der Waals surface area contributed by atoms with Crippen molar-refractivity contribution >= 4 is 17.2 Å². The molecule has 0 N–H and O–H groups in total. The summed E-state index contributed by atoms with van der Waals surface area (Å²) in [7, 11) is 0. The standard InChI is InChI=1S/C25H20F3N3O2S/c1-15-2-4-16(5-3-15)8-9-30-23(32)14-33-25(30)20-13-31(19-11-17(26)10-18(27)12-19)29-24(20)21-6-7-22(28)34-21/h2-7,10-13,25H,8-9,14H2,1H3. The molecule has 3 heterocycles. The summed E-state index contributed by atoms with van der Waals surface area (Å²) in [5.41, 5.74) is 3.30. The van der Waals surface area contributed by atoms with Crippen LogP contribution in [0.1, 0.15) is 22.9 Å². The number of aromatic nitrogens is 2. The quantitative estimate of drug-likeness (QED) is 0.368. The van der Waals surface area contributed by atoms with Crippen molar-refractivity contribution in [3.8, 4) is 16.3 Å². The molecule has 1 fully saturated rings. The van der Waals surface area contributed by atoms with Gasteiger partial charge >= 0.3 is 0 Å². The van der Waals surface area contributed by atoms with Crippen LogP contribution in [0.2, 0.25) is 0 Å². The molecule has 0 bridgehead atoms. The Balaban J connectivity index is 1.51. The molecule has 2 aromatic heterocycles. The molecule has 4 aromatic rings. The summed E-state index contributed by atoms with van der Waals surface area (Å²) >= 11 is 0.893. The molecular formula is C25H20F3N3O2S. The molecule has 1 unspecified atom stereocenters. The maximum Gasteiger partial charge on any atom is 0.250 e. The van der Waals surface area contributed by atoms with E-state index in [4.69, 9.17) is 4.74 Å². The van der Waals surface area contributed by atoms with Crippen LogP contribution in [0.5, 0.6) is 0 Å². The summed E-state index contributed by atoms with van der Waals surface area (Å²) in [4.78, 5) is 14.8. The van der Waals surface area contributed by atoms with E-state index in [1.807, 2.05) is 31.2 Å². The van der Waals surface area contributed by atoms with Crippen LogP contribution < -0.4 is 0 Å². The zero-order chi connectivity index (χ0) is 23.8. The van der Waals surface area contributed by atoms with E-state index in [1.54, 1.807) is 17.2 Å². The minimum Gasteiger partial charge on any atom is -0.344 e. The summed E-state index contributed by atoms with van der Waals surface area (Å²) in [5, 5.41) is 4.09. The molecule has 1 amide bonds. The molecule has 1 saturated heterocycles. The Morgan fingerprint density at radius 1 is 1.06 bits per heavy atom. The van der Waals surface area contributed by atoms with Gasteiger partial charge in [0, 0.05) is 24.4 Å². The van der Waals surface area contributed by atoms with Crippen molar-refractivity contribution in [3.63, 3.8) is 0 Å². The van der Waals surface area contributed by atoms with Crippen LogP contribution in [-0.4, -0.2) is 33.7 Å². The van der Waals surface area contributed by atoms with Gasteiger partial charge in [0.1, 0.15) is 23.9 Å². The predicted molar refractivity (Wildman–Crippen MR) is 122 cm³/mol. The van der Waals surface area contributed by atoms with Gasteiger partial charge in [0.2, 0.25) is 0 Å². The van der Waals surface area contributed by atoms with Gasteiger partial charge < -0.3 is 9.64 Å². The van der Waals surface area contributed by atoms with E-state index in [0.29, 0.717) is 29.1 Å². The van der Waals surface area contributed by atoms with Gasteiger partial charge in [-0.1, -0.05) is 29.8 Å². The van der Waals surface area contributed by atoms with Crippen LogP contribution in [0.25, 0.3) is 16.3 Å². The first kappa shape index (κ1) is 22.4. The highest BCUT2D eigenvalue weighted by atomic mass is 32.1. The fourth-order valence-electron chi connectivity index (χ4n) is 3.96. The molecule has 9 heteroatoms. The number of benzene rings is 2. The van der Waals surface area contributed by atoms with Gasteiger partial charge in [-0.2, -0.15) is 9.49 Å². The first-order valence-corrected chi connectivity index (χ1v) is 11.5. The molecule has 0 radical (unpaired) electrons. The lowest BCUT2D eigenvalue weighted by atomic mass is 10.1. The van der Waals surface area contributed by atoms with Crippen molar-refractivity contribution in [2.24, 2.45) is 0 Å². The third-order valence-electron chi connectivity index (χ3n) is 5.66. The monoisotopic (exact) mass is 483 g/mol. The average molecular weight is 484 g/mol. The second-order valence-corrected chi connectivity index (χ2v) is 9.13. The number of hydrogen-bond acceptors (Lipinski definition) is 4. The Labute approximate surface area is 198 Å². The van der Waals surface area contributed by atoms with Crippen molar-refractivity contribution in [2.75, 3.05) is 13.2 Å². The predicted octanol–water partition coefficient (Wildman–Crippen LogP) is 5.43. The minimum atomic E-state index is -0.759. The summed E-state index contributed by atoms with van der Waals surface area (Å²) in [6, 6.07) is 14.0. The van der Waals surface area contributed by atoms with Gasteiger partial charge in [-0.25, -0.2) is 13.5 Å². The van der Waals surface area contributed by atoms with Gasteiger partial charge in [-0.3, -0.25) is 4.79 Å². The number of thiophene rings is 1. The number of carbonyl (C=O) groups excluding carboxylic acids is 1. The van der Waals surface area contributed by atoms with Crippen molar-refractivity contribution in [3.05, 3.63) is 94.2 Å². The van der Waals surface area contributed by atoms with E-state index in [0.717, 1.165) is 40.7 Å². The third kappa shape index (κ3) is 4.49. The number of amides is 1. The van der Waals surface area contributed by atoms with E-state index < -0.39 is 23.0 Å². The Hall–Kier alpha value is -3.43. The molecule has 1 atom stereocenters. The largest absolute Gasteiger partial charge is 0.344 e. The Bertz CT molecular complexity index is 1330. The van der Waals surface area contributed by atoms with Crippen molar-refractivity contribution in [1.82, 2.24) is 14.7 Å². The van der Waals surface area contributed by atoms with Crippen LogP contribution in [0.3, 0.4) is 0 Å². The zero-order valence-corrected chi connectivity index (χ0v) is 19.0. The molecular weight excluding hydrogens is 463 g/mol. The van der Waals surface area contributed by atoms with Gasteiger partial charge in [-0.15, -0.1) is 11.3 Å². The van der Waals surface area contributed by atoms with Crippen LogP contribution in [0, 0.1) is 23.7 Å². The minimum absolute atomic E-state index is 0.101. The van der Waals surface area contributed by atoms with Crippen molar-refractivity contribution in [2.45, 2.75) is 19.6 Å². The maximum absolute atomic E-state index is 13.8. The van der Waals surface area contributed by atoms with E-state index in [1.165, 1.54) is 10.7 Å². The Kier molecular flexibility index (Phi) is 5.97. The van der Waals surface area contributed by atoms with Gasteiger partial charge in [0.15, 0.2) is 11.4 Å². The first-order chi connectivity index (χ1) is 16.4. The van der Waals surface area contributed by atoms with E-state index in [-0.39, 0.29) is 18.2 Å². The SMILES string of the molecule is Cc1ccc(CCN2C(=O)COC2c2cn(-c3cc(F)cc(F)c3)nc2-c2ccc(F)s2)cc1. The number of aryl methyl sites for hydroxylation is 1. The highest BCUT2D eigenvalue weighted by molar-refractivity contribution is 7.13. The van der Waals surface area contributed by atoms with Crippen LogP contribution in [0.15, 0.2) is 60.8 Å². The molecule has 0 spiro atoms. The lowest BCUT2D eigenvalue weighted by molar-refractivity contribution is -0.128. The van der Waals surface area contributed by atoms with Gasteiger partial charge in [-0.05, 0) is 43.2 Å². The number of rotatable bonds is 6. The van der Waals surface area contributed by atoms with Crippen LogP contribution in [-0.2, 0) is 16.0 Å². The van der Waals surface area contributed by atoms with Gasteiger partial charge in [0.25, 0.3) is 5.91 Å². The van der Waals surface area contributed by atoms with E-state index in [9.17, 15) is 18.0 Å². The number of carbonyl (C=O) groups is 1. The lowest BCUT2D eigenvalue weighted by Gasteiger charge is -2.23. The maximum atomic E-state index is 13.8. The fourth-order valence-corrected chi connectivity index (χ4v) is 4.70.